The summed E-state index contributed by atoms with van der Waals surface area (Å²) in [6.45, 7) is 4.07. The first-order valence-corrected chi connectivity index (χ1v) is 11.2. The molecule has 2 aromatic rings. The Bertz CT molecular complexity index is 951. The van der Waals surface area contributed by atoms with Crippen molar-refractivity contribution < 1.29 is 23.8 Å². The van der Waals surface area contributed by atoms with E-state index in [4.69, 9.17) is 19.0 Å². The van der Waals surface area contributed by atoms with Gasteiger partial charge in [0.2, 0.25) is 0 Å². The zero-order valence-electron chi connectivity index (χ0n) is 19.4. The monoisotopic (exact) mass is 452 g/mol. The predicted molar refractivity (Wildman–Crippen MR) is 128 cm³/mol. The van der Waals surface area contributed by atoms with E-state index >= 15 is 0 Å². The number of carbonyl (C=O) groups excluding carboxylic acids is 1. The Kier molecular flexibility index (Phi) is 9.79. The molecule has 0 aromatic heterocycles. The molecule has 1 aliphatic heterocycles. The van der Waals surface area contributed by atoms with E-state index in [0.717, 1.165) is 30.8 Å². The first-order chi connectivity index (χ1) is 16.2. The quantitative estimate of drug-likeness (QED) is 0.127. The number of carbonyl (C=O) groups is 1. The minimum atomic E-state index is -0.470. The minimum Gasteiger partial charge on any atom is -0.503 e. The lowest BCUT2D eigenvalue weighted by atomic mass is 10.0. The van der Waals surface area contributed by atoms with Gasteiger partial charge < -0.3 is 19.0 Å². The molecule has 1 heterocycles. The zero-order valence-corrected chi connectivity index (χ0v) is 19.4. The van der Waals surface area contributed by atoms with E-state index in [0.29, 0.717) is 23.5 Å². The van der Waals surface area contributed by atoms with Gasteiger partial charge in [-0.1, -0.05) is 48.0 Å². The molecular weight excluding hydrogens is 420 g/mol. The Balaban J connectivity index is 1.56. The standard InChI is InChI=1S/C26H32N2O5/c1-30-20-25(26(29)31-2)24-12-5-4-10-22(24)19-32-23-11-8-9-21(17-23)18-27-33-16-15-28-13-6-3-7-14-28/h4-5,8-12,17-18,20H,3,6-7,13-16,19H2,1-2H3/b25-20+,27-18+. The number of nitrogens with zero attached hydrogens (tertiary/aromatic N) is 2. The molecule has 0 unspecified atom stereocenters. The van der Waals surface area contributed by atoms with Crippen LogP contribution in [0.2, 0.25) is 0 Å². The maximum atomic E-state index is 12.2. The Morgan fingerprint density at radius 3 is 2.67 bits per heavy atom. The van der Waals surface area contributed by atoms with Crippen LogP contribution >= 0.6 is 0 Å². The third-order valence-electron chi connectivity index (χ3n) is 5.42. The molecule has 1 saturated heterocycles. The van der Waals surface area contributed by atoms with Crippen LogP contribution < -0.4 is 4.74 Å². The number of methoxy groups -OCH3 is 2. The highest BCUT2D eigenvalue weighted by molar-refractivity contribution is 6.16. The minimum absolute atomic E-state index is 0.279. The van der Waals surface area contributed by atoms with Crippen LogP contribution in [0.1, 0.15) is 36.0 Å². The molecule has 33 heavy (non-hydrogen) atoms. The van der Waals surface area contributed by atoms with Crippen LogP contribution in [0.4, 0.5) is 0 Å². The van der Waals surface area contributed by atoms with E-state index in [1.807, 2.05) is 48.5 Å². The third kappa shape index (κ3) is 7.64. The van der Waals surface area contributed by atoms with Gasteiger partial charge in [-0.15, -0.1) is 0 Å². The van der Waals surface area contributed by atoms with Crippen LogP contribution in [0, 0.1) is 0 Å². The summed E-state index contributed by atoms with van der Waals surface area (Å²) in [7, 11) is 2.84. The van der Waals surface area contributed by atoms with E-state index < -0.39 is 5.97 Å². The molecular formula is C26H32N2O5. The van der Waals surface area contributed by atoms with Gasteiger partial charge in [-0.2, -0.15) is 0 Å². The molecule has 0 aliphatic carbocycles. The summed E-state index contributed by atoms with van der Waals surface area (Å²) in [5.74, 6) is 0.222. The lowest BCUT2D eigenvalue weighted by Crippen LogP contribution is -2.32. The Morgan fingerprint density at radius 1 is 1.06 bits per heavy atom. The molecule has 2 aromatic carbocycles. The van der Waals surface area contributed by atoms with E-state index in [2.05, 4.69) is 10.1 Å². The largest absolute Gasteiger partial charge is 0.503 e. The molecule has 1 fully saturated rings. The summed E-state index contributed by atoms with van der Waals surface area (Å²) in [6.07, 6.45) is 6.94. The molecule has 1 aliphatic rings. The summed E-state index contributed by atoms with van der Waals surface area (Å²) in [6, 6.07) is 15.1. The first-order valence-electron chi connectivity index (χ1n) is 11.2. The molecule has 0 bridgehead atoms. The lowest BCUT2D eigenvalue weighted by molar-refractivity contribution is -0.133. The average molecular weight is 453 g/mol. The lowest BCUT2D eigenvalue weighted by Gasteiger charge is -2.25. The van der Waals surface area contributed by atoms with Crippen molar-refractivity contribution in [2.24, 2.45) is 5.16 Å². The first kappa shape index (κ1) is 24.3. The molecule has 7 nitrogen and oxygen atoms in total. The number of oxime groups is 1. The summed E-state index contributed by atoms with van der Waals surface area (Å²) >= 11 is 0. The van der Waals surface area contributed by atoms with Gasteiger partial charge in [0.15, 0.2) is 0 Å². The van der Waals surface area contributed by atoms with Crippen LogP contribution in [0.3, 0.4) is 0 Å². The van der Waals surface area contributed by atoms with Crippen molar-refractivity contribution in [2.75, 3.05) is 40.5 Å². The SMILES string of the molecule is CO/C=C(/C(=O)OC)c1ccccc1COc1cccc(/C=N/OCCN2CCCCC2)c1. The summed E-state index contributed by atoms with van der Waals surface area (Å²) in [5.41, 5.74) is 2.76. The third-order valence-corrected chi connectivity index (χ3v) is 5.42. The van der Waals surface area contributed by atoms with Gasteiger partial charge in [0, 0.05) is 6.54 Å². The number of likely N-dealkylation sites (tertiary alicyclic amines) is 1. The van der Waals surface area contributed by atoms with Gasteiger partial charge in [-0.25, -0.2) is 4.79 Å². The number of hydrogen-bond acceptors (Lipinski definition) is 7. The Morgan fingerprint density at radius 2 is 1.88 bits per heavy atom. The van der Waals surface area contributed by atoms with E-state index in [-0.39, 0.29) is 6.61 Å². The van der Waals surface area contributed by atoms with Crippen LogP contribution in [0.25, 0.3) is 5.57 Å². The summed E-state index contributed by atoms with van der Waals surface area (Å²) in [5, 5.41) is 4.09. The highest BCUT2D eigenvalue weighted by Gasteiger charge is 2.17. The Hall–Kier alpha value is -3.32. The zero-order chi connectivity index (χ0) is 23.3. The van der Waals surface area contributed by atoms with Crippen LogP contribution in [0.5, 0.6) is 5.75 Å². The van der Waals surface area contributed by atoms with E-state index in [1.165, 1.54) is 39.7 Å². The predicted octanol–water partition coefficient (Wildman–Crippen LogP) is 4.26. The number of hydrogen-bond donors (Lipinski definition) is 0. The molecule has 0 spiro atoms. The van der Waals surface area contributed by atoms with Crippen molar-refractivity contribution in [3.63, 3.8) is 0 Å². The second-order valence-electron chi connectivity index (χ2n) is 7.75. The van der Waals surface area contributed by atoms with Crippen molar-refractivity contribution >= 4 is 17.8 Å². The summed E-state index contributed by atoms with van der Waals surface area (Å²) in [4.78, 5) is 20.0. The van der Waals surface area contributed by atoms with Crippen molar-refractivity contribution in [3.8, 4) is 5.75 Å². The molecule has 0 amide bonds. The number of benzene rings is 2. The van der Waals surface area contributed by atoms with Gasteiger partial charge >= 0.3 is 5.97 Å². The fourth-order valence-electron chi connectivity index (χ4n) is 3.71. The Labute approximate surface area is 195 Å². The van der Waals surface area contributed by atoms with Gasteiger partial charge in [-0.3, -0.25) is 4.90 Å². The molecule has 176 valence electrons. The van der Waals surface area contributed by atoms with Crippen LogP contribution in [-0.2, 0) is 25.7 Å². The maximum Gasteiger partial charge on any atom is 0.341 e. The number of ether oxygens (including phenoxy) is 3. The van der Waals surface area contributed by atoms with Gasteiger partial charge in [-0.05, 0) is 54.8 Å². The van der Waals surface area contributed by atoms with Crippen LogP contribution in [0.15, 0.2) is 59.9 Å². The fourth-order valence-corrected chi connectivity index (χ4v) is 3.71. The number of esters is 1. The molecule has 7 heteroatoms. The number of piperidine rings is 1. The molecule has 0 N–H and O–H groups in total. The van der Waals surface area contributed by atoms with Crippen molar-refractivity contribution in [1.82, 2.24) is 4.90 Å². The van der Waals surface area contributed by atoms with Crippen LogP contribution in [-0.4, -0.2) is 57.5 Å². The summed E-state index contributed by atoms with van der Waals surface area (Å²) < 4.78 is 15.9. The average Bonchev–Trinajstić information content (AvgIpc) is 2.86. The second kappa shape index (κ2) is 13.3. The smallest absolute Gasteiger partial charge is 0.341 e. The maximum absolute atomic E-state index is 12.2. The molecule has 3 rings (SSSR count). The van der Waals surface area contributed by atoms with Crippen molar-refractivity contribution in [3.05, 3.63) is 71.5 Å². The highest BCUT2D eigenvalue weighted by Crippen LogP contribution is 2.23. The number of rotatable bonds is 11. The molecule has 0 saturated carbocycles. The van der Waals surface area contributed by atoms with E-state index in [9.17, 15) is 4.79 Å². The second-order valence-corrected chi connectivity index (χ2v) is 7.75. The molecule has 0 atom stereocenters. The normalized spacial score (nSPS) is 14.8. The van der Waals surface area contributed by atoms with Gasteiger partial charge in [0.05, 0.1) is 26.7 Å². The molecule has 0 radical (unpaired) electrons. The van der Waals surface area contributed by atoms with Crippen molar-refractivity contribution in [2.45, 2.75) is 25.9 Å². The van der Waals surface area contributed by atoms with E-state index in [1.54, 1.807) is 6.21 Å². The topological polar surface area (TPSA) is 69.6 Å². The fraction of sp³-hybridized carbons (Fsp3) is 0.385. The van der Waals surface area contributed by atoms with Gasteiger partial charge in [0.1, 0.15) is 24.5 Å². The highest BCUT2D eigenvalue weighted by atomic mass is 16.6. The van der Waals surface area contributed by atoms with Gasteiger partial charge in [0.25, 0.3) is 0 Å². The van der Waals surface area contributed by atoms with Crippen molar-refractivity contribution in [1.29, 1.82) is 0 Å².